The Morgan fingerprint density at radius 2 is 1.92 bits per heavy atom. The molecule has 1 heterocycles. The summed E-state index contributed by atoms with van der Waals surface area (Å²) in [6.45, 7) is 0. The Kier molecular flexibility index (Phi) is 4.24. The number of benzene rings is 2. The maximum absolute atomic E-state index is 9.08. The molecule has 0 saturated heterocycles. The predicted octanol–water partition coefficient (Wildman–Crippen LogP) is 4.21. The molecule has 0 bridgehead atoms. The highest BCUT2D eigenvalue weighted by Crippen LogP contribution is 2.40. The van der Waals surface area contributed by atoms with Gasteiger partial charge in [0, 0.05) is 24.2 Å². The molecule has 2 aromatic carbocycles. The van der Waals surface area contributed by atoms with E-state index in [9.17, 15) is 0 Å². The molecule has 0 saturated carbocycles. The molecule has 1 aromatic heterocycles. The zero-order chi connectivity index (χ0) is 17.9. The molecule has 0 aliphatic heterocycles. The van der Waals surface area contributed by atoms with Crippen molar-refractivity contribution in [2.75, 3.05) is 17.7 Å². The maximum Gasteiger partial charge on any atom is 0.229 e. The first-order valence-corrected chi connectivity index (χ1v) is 8.69. The number of hydrogen-bond donors (Lipinski definition) is 2. The molecule has 26 heavy (non-hydrogen) atoms. The summed E-state index contributed by atoms with van der Waals surface area (Å²) in [7, 11) is 1.89. The Morgan fingerprint density at radius 3 is 2.69 bits per heavy atom. The molecule has 5 heteroatoms. The number of rotatable bonds is 4. The van der Waals surface area contributed by atoms with Crippen molar-refractivity contribution >= 4 is 17.5 Å². The van der Waals surface area contributed by atoms with Gasteiger partial charge in [0.25, 0.3) is 0 Å². The third kappa shape index (κ3) is 2.98. The molecule has 0 radical (unpaired) electrons. The number of aromatic nitrogens is 2. The number of nitrogens with zero attached hydrogens (tertiary/aromatic N) is 3. The molecule has 1 atom stereocenters. The maximum atomic E-state index is 9.08. The Bertz CT molecular complexity index is 975. The SMILES string of the molecule is CNc1nc(Nc2cccc(C#N)c2)nc2c1CCC2c1ccccc1. The molecule has 0 fully saturated rings. The van der Waals surface area contributed by atoms with E-state index in [2.05, 4.69) is 46.0 Å². The van der Waals surface area contributed by atoms with Gasteiger partial charge >= 0.3 is 0 Å². The highest BCUT2D eigenvalue weighted by molar-refractivity contribution is 5.61. The van der Waals surface area contributed by atoms with Crippen molar-refractivity contribution in [2.45, 2.75) is 18.8 Å². The van der Waals surface area contributed by atoms with Crippen LogP contribution >= 0.6 is 0 Å². The lowest BCUT2D eigenvalue weighted by Gasteiger charge is -2.15. The van der Waals surface area contributed by atoms with Crippen molar-refractivity contribution in [3.8, 4) is 6.07 Å². The van der Waals surface area contributed by atoms with Crippen LogP contribution in [-0.2, 0) is 6.42 Å². The molecule has 1 aliphatic rings. The normalized spacial score (nSPS) is 15.2. The fourth-order valence-corrected chi connectivity index (χ4v) is 3.53. The Balaban J connectivity index is 1.73. The minimum absolute atomic E-state index is 0.285. The van der Waals surface area contributed by atoms with Crippen LogP contribution in [0.15, 0.2) is 54.6 Å². The molecule has 128 valence electrons. The molecule has 0 spiro atoms. The van der Waals surface area contributed by atoms with Gasteiger partial charge in [0.15, 0.2) is 0 Å². The smallest absolute Gasteiger partial charge is 0.229 e. The van der Waals surface area contributed by atoms with Crippen molar-refractivity contribution in [1.29, 1.82) is 5.26 Å². The van der Waals surface area contributed by atoms with Crippen LogP contribution < -0.4 is 10.6 Å². The van der Waals surface area contributed by atoms with E-state index in [0.717, 1.165) is 30.0 Å². The van der Waals surface area contributed by atoms with E-state index in [1.54, 1.807) is 12.1 Å². The summed E-state index contributed by atoms with van der Waals surface area (Å²) in [6.07, 6.45) is 2.01. The fourth-order valence-electron chi connectivity index (χ4n) is 3.53. The summed E-state index contributed by atoms with van der Waals surface area (Å²) in [5, 5.41) is 15.5. The van der Waals surface area contributed by atoms with Gasteiger partial charge in [-0.1, -0.05) is 36.4 Å². The minimum atomic E-state index is 0.285. The lowest BCUT2D eigenvalue weighted by molar-refractivity contribution is 0.772. The molecule has 0 amide bonds. The molecule has 4 rings (SSSR count). The second-order valence-electron chi connectivity index (χ2n) is 6.33. The summed E-state index contributed by atoms with van der Waals surface area (Å²) in [4.78, 5) is 9.45. The quantitative estimate of drug-likeness (QED) is 0.743. The van der Waals surface area contributed by atoms with E-state index >= 15 is 0 Å². The van der Waals surface area contributed by atoms with Gasteiger partial charge in [-0.05, 0) is 36.6 Å². The summed E-state index contributed by atoms with van der Waals surface area (Å²) >= 11 is 0. The number of nitriles is 1. The third-order valence-electron chi connectivity index (χ3n) is 4.74. The first-order valence-electron chi connectivity index (χ1n) is 8.69. The van der Waals surface area contributed by atoms with Crippen molar-refractivity contribution in [2.24, 2.45) is 0 Å². The van der Waals surface area contributed by atoms with Gasteiger partial charge in [0.2, 0.25) is 5.95 Å². The van der Waals surface area contributed by atoms with Gasteiger partial charge in [0.05, 0.1) is 17.3 Å². The van der Waals surface area contributed by atoms with Gasteiger partial charge in [-0.15, -0.1) is 0 Å². The average Bonchev–Trinajstić information content (AvgIpc) is 3.12. The van der Waals surface area contributed by atoms with Crippen LogP contribution in [0.4, 0.5) is 17.5 Å². The van der Waals surface area contributed by atoms with E-state index < -0.39 is 0 Å². The van der Waals surface area contributed by atoms with Crippen molar-refractivity contribution in [1.82, 2.24) is 9.97 Å². The van der Waals surface area contributed by atoms with E-state index in [4.69, 9.17) is 10.2 Å². The molecule has 5 nitrogen and oxygen atoms in total. The monoisotopic (exact) mass is 341 g/mol. The molecule has 3 aromatic rings. The summed E-state index contributed by atoms with van der Waals surface area (Å²) < 4.78 is 0. The summed E-state index contributed by atoms with van der Waals surface area (Å²) in [5.74, 6) is 1.70. The Morgan fingerprint density at radius 1 is 1.08 bits per heavy atom. The highest BCUT2D eigenvalue weighted by atomic mass is 15.1. The van der Waals surface area contributed by atoms with Gasteiger partial charge < -0.3 is 10.6 Å². The van der Waals surface area contributed by atoms with Crippen LogP contribution in [0, 0.1) is 11.3 Å². The zero-order valence-electron chi connectivity index (χ0n) is 14.5. The molecule has 1 unspecified atom stereocenters. The number of nitrogens with one attached hydrogen (secondary N) is 2. The van der Waals surface area contributed by atoms with Gasteiger partial charge in [0.1, 0.15) is 5.82 Å². The third-order valence-corrected chi connectivity index (χ3v) is 4.74. The topological polar surface area (TPSA) is 73.6 Å². The molecular formula is C21H19N5. The first-order chi connectivity index (χ1) is 12.8. The second kappa shape index (κ2) is 6.85. The number of anilines is 3. The van der Waals surface area contributed by atoms with E-state index in [1.807, 2.05) is 25.2 Å². The molecule has 2 N–H and O–H groups in total. The van der Waals surface area contributed by atoms with E-state index in [1.165, 1.54) is 11.1 Å². The largest absolute Gasteiger partial charge is 0.373 e. The lowest BCUT2D eigenvalue weighted by atomic mass is 9.97. The van der Waals surface area contributed by atoms with Crippen LogP contribution in [0.1, 0.15) is 34.7 Å². The van der Waals surface area contributed by atoms with Crippen molar-refractivity contribution in [3.63, 3.8) is 0 Å². The van der Waals surface area contributed by atoms with Crippen molar-refractivity contribution < 1.29 is 0 Å². The van der Waals surface area contributed by atoms with Crippen LogP contribution in [0.25, 0.3) is 0 Å². The minimum Gasteiger partial charge on any atom is -0.373 e. The first kappa shape index (κ1) is 16.1. The van der Waals surface area contributed by atoms with Crippen molar-refractivity contribution in [3.05, 3.63) is 77.0 Å². The van der Waals surface area contributed by atoms with Gasteiger partial charge in [-0.25, -0.2) is 4.98 Å². The van der Waals surface area contributed by atoms with Gasteiger partial charge in [-0.2, -0.15) is 10.2 Å². The highest BCUT2D eigenvalue weighted by Gasteiger charge is 2.29. The van der Waals surface area contributed by atoms with Crippen LogP contribution in [0.2, 0.25) is 0 Å². The standard InChI is InChI=1S/C21H19N5/c1-23-20-18-11-10-17(15-7-3-2-4-8-15)19(18)25-21(26-20)24-16-9-5-6-14(12-16)13-22/h2-9,12,17H,10-11H2,1H3,(H2,23,24,25,26). The average molecular weight is 341 g/mol. The van der Waals surface area contributed by atoms with E-state index in [0.29, 0.717) is 11.5 Å². The molecular weight excluding hydrogens is 322 g/mol. The number of hydrogen-bond acceptors (Lipinski definition) is 5. The fraction of sp³-hybridized carbons (Fsp3) is 0.190. The summed E-state index contributed by atoms with van der Waals surface area (Å²) in [5.41, 5.74) is 4.96. The summed E-state index contributed by atoms with van der Waals surface area (Å²) in [6, 6.07) is 20.0. The Labute approximate surface area is 152 Å². The molecule has 1 aliphatic carbocycles. The second-order valence-corrected chi connectivity index (χ2v) is 6.33. The van der Waals surface area contributed by atoms with Gasteiger partial charge in [-0.3, -0.25) is 0 Å². The number of fused-ring (bicyclic) bond motifs is 1. The van der Waals surface area contributed by atoms with E-state index in [-0.39, 0.29) is 5.92 Å². The zero-order valence-corrected chi connectivity index (χ0v) is 14.5. The lowest BCUT2D eigenvalue weighted by Crippen LogP contribution is -2.07. The van der Waals surface area contributed by atoms with Crippen LogP contribution in [-0.4, -0.2) is 17.0 Å². The van der Waals surface area contributed by atoms with Crippen LogP contribution in [0.5, 0.6) is 0 Å². The Hall–Kier alpha value is -3.39. The van der Waals surface area contributed by atoms with Crippen LogP contribution in [0.3, 0.4) is 0 Å². The predicted molar refractivity (Wildman–Crippen MR) is 103 cm³/mol.